The van der Waals surface area contributed by atoms with Crippen molar-refractivity contribution in [2.45, 2.75) is 51.9 Å². The van der Waals surface area contributed by atoms with Gasteiger partial charge in [-0.2, -0.15) is 0 Å². The number of unbranched alkanes of at least 4 members (excludes halogenated alkanes) is 5. The minimum atomic E-state index is 1.24. The lowest BCUT2D eigenvalue weighted by molar-refractivity contribution is 0.609. The first-order valence-corrected chi connectivity index (χ1v) is 13.5. The number of aryl methyl sites for hydroxylation is 1. The van der Waals surface area contributed by atoms with Gasteiger partial charge in [-0.3, -0.25) is 0 Å². The van der Waals surface area contributed by atoms with Gasteiger partial charge < -0.3 is 0 Å². The van der Waals surface area contributed by atoms with E-state index in [-0.39, 0.29) is 0 Å². The molecule has 146 valence electrons. The summed E-state index contributed by atoms with van der Waals surface area (Å²) in [5, 5.41) is 2.15. The van der Waals surface area contributed by atoms with Crippen molar-refractivity contribution in [2.24, 2.45) is 0 Å². The highest BCUT2D eigenvalue weighted by molar-refractivity contribution is 7.28. The summed E-state index contributed by atoms with van der Waals surface area (Å²) in [7, 11) is 0. The molecule has 0 atom stereocenters. The summed E-state index contributed by atoms with van der Waals surface area (Å²) < 4.78 is 0. The molecule has 4 aromatic heterocycles. The number of rotatable bonds is 10. The van der Waals surface area contributed by atoms with Gasteiger partial charge in [-0.1, -0.05) is 45.1 Å². The minimum Gasteiger partial charge on any atom is -0.143 e. The predicted molar refractivity (Wildman–Crippen MR) is 131 cm³/mol. The van der Waals surface area contributed by atoms with Crippen LogP contribution in [0.1, 0.15) is 50.3 Å². The van der Waals surface area contributed by atoms with Crippen molar-refractivity contribution >= 4 is 45.3 Å². The predicted octanol–water partition coefficient (Wildman–Crippen LogP) is 9.84. The molecular weight excluding hydrogens is 417 g/mol. The van der Waals surface area contributed by atoms with Crippen LogP contribution in [0, 0.1) is 0 Å². The van der Waals surface area contributed by atoms with Crippen molar-refractivity contribution in [3.8, 4) is 29.3 Å². The van der Waals surface area contributed by atoms with Gasteiger partial charge in [-0.25, -0.2) is 0 Å². The summed E-state index contributed by atoms with van der Waals surface area (Å²) in [5.41, 5.74) is 0. The third-order valence-corrected chi connectivity index (χ3v) is 9.67. The van der Waals surface area contributed by atoms with Crippen LogP contribution in [0.25, 0.3) is 29.3 Å². The molecule has 0 fully saturated rings. The Morgan fingerprint density at radius 1 is 0.571 bits per heavy atom. The Morgan fingerprint density at radius 2 is 1.14 bits per heavy atom. The van der Waals surface area contributed by atoms with Crippen molar-refractivity contribution in [3.63, 3.8) is 0 Å². The molecule has 4 rings (SSSR count). The Kier molecular flexibility index (Phi) is 7.19. The van der Waals surface area contributed by atoms with E-state index in [0.717, 1.165) is 0 Å². The molecule has 0 saturated carbocycles. The molecule has 0 saturated heterocycles. The largest absolute Gasteiger partial charge is 0.143 e. The quantitative estimate of drug-likeness (QED) is 0.214. The molecular formula is C24H26S4. The summed E-state index contributed by atoms with van der Waals surface area (Å²) >= 11 is 7.62. The highest BCUT2D eigenvalue weighted by Gasteiger charge is 2.10. The van der Waals surface area contributed by atoms with E-state index >= 15 is 0 Å². The van der Waals surface area contributed by atoms with Crippen LogP contribution >= 0.6 is 45.3 Å². The molecule has 0 nitrogen and oxygen atoms in total. The SMILES string of the molecule is CCCCCCCCc1ccc(-c2ccc(-c3ccc(-c4cccs4)s3)s2)s1. The van der Waals surface area contributed by atoms with Crippen molar-refractivity contribution < 1.29 is 0 Å². The molecule has 0 bridgehead atoms. The van der Waals surface area contributed by atoms with Crippen molar-refractivity contribution in [1.29, 1.82) is 0 Å². The fourth-order valence-corrected chi connectivity index (χ4v) is 7.43. The van der Waals surface area contributed by atoms with Gasteiger partial charge in [0.1, 0.15) is 0 Å². The number of thiophene rings is 4. The molecule has 0 aliphatic heterocycles. The van der Waals surface area contributed by atoms with Gasteiger partial charge in [0, 0.05) is 34.1 Å². The maximum Gasteiger partial charge on any atom is 0.0449 e. The van der Waals surface area contributed by atoms with E-state index in [4.69, 9.17) is 0 Å². The Hall–Kier alpha value is -1.20. The summed E-state index contributed by atoms with van der Waals surface area (Å²) in [5.74, 6) is 0. The summed E-state index contributed by atoms with van der Waals surface area (Å²) in [6, 6.07) is 18.1. The molecule has 4 heterocycles. The van der Waals surface area contributed by atoms with Crippen LogP contribution in [-0.4, -0.2) is 0 Å². The van der Waals surface area contributed by atoms with E-state index in [1.165, 1.54) is 79.1 Å². The van der Waals surface area contributed by atoms with Gasteiger partial charge in [0.15, 0.2) is 0 Å². The van der Waals surface area contributed by atoms with Gasteiger partial charge in [0.2, 0.25) is 0 Å². The molecule has 0 spiro atoms. The van der Waals surface area contributed by atoms with Gasteiger partial charge in [0.05, 0.1) is 0 Å². The summed E-state index contributed by atoms with van der Waals surface area (Å²) in [6.45, 7) is 2.28. The van der Waals surface area contributed by atoms with E-state index in [1.807, 2.05) is 45.3 Å². The fraction of sp³-hybridized carbons (Fsp3) is 0.333. The maximum absolute atomic E-state index is 2.34. The second-order valence-electron chi connectivity index (χ2n) is 7.09. The fourth-order valence-electron chi connectivity index (χ4n) is 3.35. The first-order valence-electron chi connectivity index (χ1n) is 10.2. The van der Waals surface area contributed by atoms with E-state index in [1.54, 1.807) is 0 Å². The summed E-state index contributed by atoms with van der Waals surface area (Å²) in [4.78, 5) is 9.86. The van der Waals surface area contributed by atoms with Crippen molar-refractivity contribution in [1.82, 2.24) is 0 Å². The van der Waals surface area contributed by atoms with Gasteiger partial charge in [-0.05, 0) is 60.7 Å². The van der Waals surface area contributed by atoms with Gasteiger partial charge in [0.25, 0.3) is 0 Å². The zero-order valence-electron chi connectivity index (χ0n) is 16.3. The monoisotopic (exact) mass is 442 g/mol. The van der Waals surface area contributed by atoms with Crippen LogP contribution < -0.4 is 0 Å². The van der Waals surface area contributed by atoms with Crippen LogP contribution in [0.2, 0.25) is 0 Å². The molecule has 0 aliphatic carbocycles. The first-order chi connectivity index (χ1) is 13.8. The van der Waals surface area contributed by atoms with Gasteiger partial charge >= 0.3 is 0 Å². The van der Waals surface area contributed by atoms with Gasteiger partial charge in [-0.15, -0.1) is 45.3 Å². The standard InChI is InChI=1S/C24H26S4/c1-2-3-4-5-6-7-9-18-11-12-21(26-18)22-15-16-24(28-22)23-14-13-20(27-23)19-10-8-17-25-19/h8,10-17H,2-7,9H2,1H3. The Labute approximate surface area is 184 Å². The molecule has 4 heteroatoms. The normalized spacial score (nSPS) is 11.3. The molecule has 0 unspecified atom stereocenters. The maximum atomic E-state index is 2.34. The average Bonchev–Trinajstić information content (AvgIpc) is 3.48. The lowest BCUT2D eigenvalue weighted by Gasteiger charge is -1.99. The highest BCUT2D eigenvalue weighted by Crippen LogP contribution is 2.42. The Balaban J connectivity index is 1.36. The molecule has 0 N–H and O–H groups in total. The van der Waals surface area contributed by atoms with Crippen LogP contribution in [0.15, 0.2) is 53.9 Å². The van der Waals surface area contributed by atoms with Crippen molar-refractivity contribution in [3.05, 3.63) is 58.8 Å². The second kappa shape index (κ2) is 10.0. The highest BCUT2D eigenvalue weighted by atomic mass is 32.1. The number of hydrogen-bond donors (Lipinski definition) is 0. The molecule has 0 aromatic carbocycles. The molecule has 28 heavy (non-hydrogen) atoms. The average molecular weight is 443 g/mol. The third-order valence-electron chi connectivity index (χ3n) is 4.90. The summed E-state index contributed by atoms with van der Waals surface area (Å²) in [6.07, 6.45) is 9.47. The second-order valence-corrected chi connectivity index (χ2v) is 11.4. The van der Waals surface area contributed by atoms with Crippen LogP contribution in [0.5, 0.6) is 0 Å². The van der Waals surface area contributed by atoms with E-state index in [0.29, 0.717) is 0 Å². The van der Waals surface area contributed by atoms with E-state index in [2.05, 4.69) is 60.8 Å². The first kappa shape index (κ1) is 20.1. The molecule has 0 amide bonds. The van der Waals surface area contributed by atoms with E-state index < -0.39 is 0 Å². The lowest BCUT2D eigenvalue weighted by Crippen LogP contribution is -1.82. The third kappa shape index (κ3) is 5.04. The minimum absolute atomic E-state index is 1.24. The van der Waals surface area contributed by atoms with Crippen molar-refractivity contribution in [2.75, 3.05) is 0 Å². The lowest BCUT2D eigenvalue weighted by atomic mass is 10.1. The molecule has 4 aromatic rings. The molecule has 0 aliphatic rings. The zero-order valence-corrected chi connectivity index (χ0v) is 19.5. The van der Waals surface area contributed by atoms with Crippen LogP contribution in [0.3, 0.4) is 0 Å². The van der Waals surface area contributed by atoms with Crippen LogP contribution in [0.4, 0.5) is 0 Å². The Bertz CT molecular complexity index is 968. The molecule has 0 radical (unpaired) electrons. The topological polar surface area (TPSA) is 0 Å². The smallest absolute Gasteiger partial charge is 0.0449 e. The van der Waals surface area contributed by atoms with Crippen LogP contribution in [-0.2, 0) is 6.42 Å². The zero-order chi connectivity index (χ0) is 19.2. The van der Waals surface area contributed by atoms with E-state index in [9.17, 15) is 0 Å². The number of hydrogen-bond acceptors (Lipinski definition) is 4. The Morgan fingerprint density at radius 3 is 1.79 bits per heavy atom.